The van der Waals surface area contributed by atoms with Crippen LogP contribution in [-0.4, -0.2) is 18.0 Å². The molecule has 3 nitrogen and oxygen atoms in total. The topological polar surface area (TPSA) is 28.4 Å². The molecule has 0 aromatic carbocycles. The van der Waals surface area contributed by atoms with Gasteiger partial charge in [-0.15, -0.1) is 11.3 Å². The van der Waals surface area contributed by atoms with Crippen LogP contribution in [0.1, 0.15) is 29.0 Å². The standard InChI is InChI=1S/C15H20N2OS/c1-16-9-15-12(6-7-18-15)10-17(13-4-5-13)11-14-3-2-8-19-14/h2-3,6-8,13,16H,4-5,9-11H2,1H3. The van der Waals surface area contributed by atoms with Crippen molar-refractivity contribution in [3.63, 3.8) is 0 Å². The molecule has 1 aliphatic rings. The molecule has 0 amide bonds. The van der Waals surface area contributed by atoms with E-state index in [9.17, 15) is 0 Å². The molecule has 1 saturated carbocycles. The van der Waals surface area contributed by atoms with E-state index >= 15 is 0 Å². The predicted octanol–water partition coefficient (Wildman–Crippen LogP) is 3.23. The molecular formula is C15H20N2OS. The fourth-order valence-electron chi connectivity index (χ4n) is 2.40. The van der Waals surface area contributed by atoms with Gasteiger partial charge in [-0.1, -0.05) is 6.07 Å². The van der Waals surface area contributed by atoms with Gasteiger partial charge in [0.2, 0.25) is 0 Å². The van der Waals surface area contributed by atoms with Crippen molar-refractivity contribution in [2.75, 3.05) is 7.05 Å². The van der Waals surface area contributed by atoms with Crippen LogP contribution < -0.4 is 5.32 Å². The Hall–Kier alpha value is -1.10. The highest BCUT2D eigenvalue weighted by atomic mass is 32.1. The molecule has 0 atom stereocenters. The lowest BCUT2D eigenvalue weighted by Crippen LogP contribution is -2.25. The maximum atomic E-state index is 5.55. The first-order chi connectivity index (χ1) is 9.36. The molecule has 1 N–H and O–H groups in total. The molecule has 4 heteroatoms. The summed E-state index contributed by atoms with van der Waals surface area (Å²) in [7, 11) is 1.95. The van der Waals surface area contributed by atoms with Gasteiger partial charge in [0, 0.05) is 29.6 Å². The third kappa shape index (κ3) is 3.26. The van der Waals surface area contributed by atoms with E-state index in [1.54, 1.807) is 6.26 Å². The summed E-state index contributed by atoms with van der Waals surface area (Å²) in [6, 6.07) is 7.23. The van der Waals surface area contributed by atoms with Crippen molar-refractivity contribution in [2.45, 2.75) is 38.5 Å². The fraction of sp³-hybridized carbons (Fsp3) is 0.467. The maximum absolute atomic E-state index is 5.55. The van der Waals surface area contributed by atoms with Crippen LogP contribution in [0.4, 0.5) is 0 Å². The maximum Gasteiger partial charge on any atom is 0.122 e. The van der Waals surface area contributed by atoms with Crippen LogP contribution in [0.25, 0.3) is 0 Å². The number of furan rings is 1. The molecule has 0 aliphatic heterocycles. The fourth-order valence-corrected chi connectivity index (χ4v) is 3.13. The van der Waals surface area contributed by atoms with Gasteiger partial charge in [-0.25, -0.2) is 0 Å². The zero-order chi connectivity index (χ0) is 13.1. The summed E-state index contributed by atoms with van der Waals surface area (Å²) in [6.07, 6.45) is 4.48. The predicted molar refractivity (Wildman–Crippen MR) is 78.1 cm³/mol. The zero-order valence-corrected chi connectivity index (χ0v) is 12.1. The van der Waals surface area contributed by atoms with E-state index in [-0.39, 0.29) is 0 Å². The van der Waals surface area contributed by atoms with Gasteiger partial charge in [0.1, 0.15) is 5.76 Å². The molecule has 0 radical (unpaired) electrons. The molecule has 0 bridgehead atoms. The van der Waals surface area contributed by atoms with E-state index in [1.807, 2.05) is 18.4 Å². The van der Waals surface area contributed by atoms with Crippen LogP contribution >= 0.6 is 11.3 Å². The third-order valence-electron chi connectivity index (χ3n) is 3.55. The molecule has 1 aliphatic carbocycles. The Morgan fingerprint density at radius 2 is 2.26 bits per heavy atom. The normalized spacial score (nSPS) is 15.3. The molecule has 2 heterocycles. The molecule has 0 saturated heterocycles. The average Bonchev–Trinajstić information content (AvgIpc) is 2.96. The third-order valence-corrected chi connectivity index (χ3v) is 4.41. The first-order valence-electron chi connectivity index (χ1n) is 6.83. The molecule has 2 aromatic heterocycles. The number of thiophene rings is 1. The number of rotatable bonds is 7. The minimum absolute atomic E-state index is 0.763. The summed E-state index contributed by atoms with van der Waals surface area (Å²) >= 11 is 1.85. The second kappa shape index (κ2) is 5.90. The number of nitrogens with one attached hydrogen (secondary N) is 1. The van der Waals surface area contributed by atoms with Crippen LogP contribution in [-0.2, 0) is 19.6 Å². The quantitative estimate of drug-likeness (QED) is 0.841. The first-order valence-corrected chi connectivity index (χ1v) is 7.71. The highest BCUT2D eigenvalue weighted by molar-refractivity contribution is 7.09. The second-order valence-corrected chi connectivity index (χ2v) is 6.15. The minimum Gasteiger partial charge on any atom is -0.468 e. The molecule has 19 heavy (non-hydrogen) atoms. The summed E-state index contributed by atoms with van der Waals surface area (Å²) in [4.78, 5) is 4.03. The first kappa shape index (κ1) is 12.9. The van der Waals surface area contributed by atoms with Crippen LogP contribution in [0.2, 0.25) is 0 Å². The van der Waals surface area contributed by atoms with Gasteiger partial charge in [0.05, 0.1) is 12.8 Å². The lowest BCUT2D eigenvalue weighted by Gasteiger charge is -2.21. The molecule has 2 aromatic rings. The summed E-state index contributed by atoms with van der Waals surface area (Å²) in [5.74, 6) is 1.07. The molecule has 102 valence electrons. The number of nitrogens with zero attached hydrogens (tertiary/aromatic N) is 1. The van der Waals surface area contributed by atoms with E-state index in [0.29, 0.717) is 0 Å². The number of hydrogen-bond donors (Lipinski definition) is 1. The largest absolute Gasteiger partial charge is 0.468 e. The summed E-state index contributed by atoms with van der Waals surface area (Å²) in [5.41, 5.74) is 1.32. The van der Waals surface area contributed by atoms with Crippen molar-refractivity contribution in [1.82, 2.24) is 10.2 Å². The van der Waals surface area contributed by atoms with Crippen molar-refractivity contribution in [1.29, 1.82) is 0 Å². The lowest BCUT2D eigenvalue weighted by atomic mass is 10.2. The monoisotopic (exact) mass is 276 g/mol. The summed E-state index contributed by atoms with van der Waals surface area (Å²) in [6.45, 7) is 2.86. The zero-order valence-electron chi connectivity index (χ0n) is 11.3. The van der Waals surface area contributed by atoms with Gasteiger partial charge in [-0.3, -0.25) is 4.90 Å². The summed E-state index contributed by atoms with van der Waals surface area (Å²) in [5, 5.41) is 5.32. The lowest BCUT2D eigenvalue weighted by molar-refractivity contribution is 0.245. The van der Waals surface area contributed by atoms with Gasteiger partial charge in [0.25, 0.3) is 0 Å². The van der Waals surface area contributed by atoms with Crippen molar-refractivity contribution >= 4 is 11.3 Å². The highest BCUT2D eigenvalue weighted by Gasteiger charge is 2.29. The van der Waals surface area contributed by atoms with Gasteiger partial charge in [0.15, 0.2) is 0 Å². The van der Waals surface area contributed by atoms with Crippen LogP contribution in [0, 0.1) is 0 Å². The van der Waals surface area contributed by atoms with Gasteiger partial charge < -0.3 is 9.73 Å². The summed E-state index contributed by atoms with van der Waals surface area (Å²) < 4.78 is 5.55. The average molecular weight is 276 g/mol. The highest BCUT2D eigenvalue weighted by Crippen LogP contribution is 2.31. The van der Waals surface area contributed by atoms with Crippen molar-refractivity contribution < 1.29 is 4.42 Å². The Morgan fingerprint density at radius 3 is 2.95 bits per heavy atom. The van der Waals surface area contributed by atoms with Gasteiger partial charge in [-0.05, 0) is 37.4 Å². The van der Waals surface area contributed by atoms with E-state index in [1.165, 1.54) is 23.3 Å². The van der Waals surface area contributed by atoms with Gasteiger partial charge >= 0.3 is 0 Å². The minimum atomic E-state index is 0.763. The van der Waals surface area contributed by atoms with E-state index in [2.05, 4.69) is 33.8 Å². The molecule has 0 unspecified atom stereocenters. The van der Waals surface area contributed by atoms with Crippen molar-refractivity contribution in [2.24, 2.45) is 0 Å². The van der Waals surface area contributed by atoms with E-state index in [4.69, 9.17) is 4.42 Å². The van der Waals surface area contributed by atoms with Crippen molar-refractivity contribution in [3.8, 4) is 0 Å². The van der Waals surface area contributed by atoms with E-state index < -0.39 is 0 Å². The van der Waals surface area contributed by atoms with E-state index in [0.717, 1.165) is 31.4 Å². The van der Waals surface area contributed by atoms with Crippen molar-refractivity contribution in [3.05, 3.63) is 46.0 Å². The number of hydrogen-bond acceptors (Lipinski definition) is 4. The molecule has 1 fully saturated rings. The Bertz CT molecular complexity index is 502. The smallest absolute Gasteiger partial charge is 0.122 e. The Balaban J connectivity index is 1.69. The SMILES string of the molecule is CNCc1occc1CN(Cc1cccs1)C1CC1. The van der Waals surface area contributed by atoms with Gasteiger partial charge in [-0.2, -0.15) is 0 Å². The Labute approximate surface area is 118 Å². The second-order valence-electron chi connectivity index (χ2n) is 5.11. The molecule has 3 rings (SSSR count). The Morgan fingerprint density at radius 1 is 1.37 bits per heavy atom. The molecular weight excluding hydrogens is 256 g/mol. The van der Waals surface area contributed by atoms with Crippen LogP contribution in [0.5, 0.6) is 0 Å². The van der Waals surface area contributed by atoms with Crippen LogP contribution in [0.15, 0.2) is 34.3 Å². The van der Waals surface area contributed by atoms with Crippen LogP contribution in [0.3, 0.4) is 0 Å². The molecule has 0 spiro atoms. The Kier molecular flexibility index (Phi) is 4.01.